The summed E-state index contributed by atoms with van der Waals surface area (Å²) in [5, 5.41) is 6.27. The maximum atomic E-state index is 12.0. The number of carbonyl (C=O) groups excluding carboxylic acids is 1. The number of benzene rings is 1. The van der Waals surface area contributed by atoms with Crippen LogP contribution in [-0.2, 0) is 4.79 Å². The molecule has 18 heavy (non-hydrogen) atoms. The van der Waals surface area contributed by atoms with Crippen LogP contribution in [0.4, 0.5) is 0 Å². The molecule has 0 radical (unpaired) electrons. The lowest BCUT2D eigenvalue weighted by molar-refractivity contribution is -0.126. The van der Waals surface area contributed by atoms with E-state index in [2.05, 4.69) is 29.7 Å². The van der Waals surface area contributed by atoms with Crippen molar-refractivity contribution in [3.8, 4) is 0 Å². The third-order valence-corrected chi connectivity index (χ3v) is 3.88. The van der Waals surface area contributed by atoms with Gasteiger partial charge in [-0.05, 0) is 30.5 Å². The summed E-state index contributed by atoms with van der Waals surface area (Å²) in [7, 11) is 0. The van der Waals surface area contributed by atoms with E-state index >= 15 is 0 Å². The standard InChI is InChI=1S/C15H22N2O/c1-11(13-6-4-3-5-7-13)8-17-15(18)12(2)14-9-16-10-14/h3-7,11-12,14,16H,8-10H2,1-2H3,(H,17,18). The molecule has 1 aliphatic rings. The van der Waals surface area contributed by atoms with Gasteiger partial charge in [0.25, 0.3) is 0 Å². The zero-order valence-corrected chi connectivity index (χ0v) is 11.1. The van der Waals surface area contributed by atoms with E-state index in [-0.39, 0.29) is 11.8 Å². The summed E-state index contributed by atoms with van der Waals surface area (Å²) < 4.78 is 0. The van der Waals surface area contributed by atoms with Crippen LogP contribution in [0.5, 0.6) is 0 Å². The Morgan fingerprint density at radius 2 is 2.00 bits per heavy atom. The van der Waals surface area contributed by atoms with E-state index in [1.54, 1.807) is 0 Å². The normalized spacial score (nSPS) is 18.8. The van der Waals surface area contributed by atoms with Crippen molar-refractivity contribution in [3.63, 3.8) is 0 Å². The van der Waals surface area contributed by atoms with Gasteiger partial charge in [-0.15, -0.1) is 0 Å². The molecule has 1 amide bonds. The SMILES string of the molecule is CC(CNC(=O)C(C)C1CNC1)c1ccccc1. The maximum Gasteiger partial charge on any atom is 0.223 e. The van der Waals surface area contributed by atoms with E-state index in [0.29, 0.717) is 18.4 Å². The van der Waals surface area contributed by atoms with Crippen molar-refractivity contribution in [1.29, 1.82) is 0 Å². The van der Waals surface area contributed by atoms with Crippen molar-refractivity contribution in [3.05, 3.63) is 35.9 Å². The fourth-order valence-electron chi connectivity index (χ4n) is 2.19. The molecule has 0 saturated carbocycles. The van der Waals surface area contributed by atoms with Crippen molar-refractivity contribution < 1.29 is 4.79 Å². The molecular formula is C15H22N2O. The van der Waals surface area contributed by atoms with Gasteiger partial charge in [0, 0.05) is 12.5 Å². The molecule has 2 atom stereocenters. The molecule has 3 heteroatoms. The van der Waals surface area contributed by atoms with E-state index in [1.807, 2.05) is 25.1 Å². The highest BCUT2D eigenvalue weighted by Gasteiger charge is 2.28. The van der Waals surface area contributed by atoms with Crippen LogP contribution < -0.4 is 10.6 Å². The molecule has 0 aromatic heterocycles. The number of hydrogen-bond donors (Lipinski definition) is 2. The van der Waals surface area contributed by atoms with E-state index < -0.39 is 0 Å². The van der Waals surface area contributed by atoms with Crippen LogP contribution in [0.1, 0.15) is 25.3 Å². The van der Waals surface area contributed by atoms with Gasteiger partial charge >= 0.3 is 0 Å². The van der Waals surface area contributed by atoms with Crippen LogP contribution in [0.3, 0.4) is 0 Å². The first-order chi connectivity index (χ1) is 8.68. The smallest absolute Gasteiger partial charge is 0.223 e. The lowest BCUT2D eigenvalue weighted by Gasteiger charge is -2.32. The van der Waals surface area contributed by atoms with Crippen LogP contribution in [0, 0.1) is 11.8 Å². The summed E-state index contributed by atoms with van der Waals surface area (Å²) in [5.74, 6) is 1.18. The van der Waals surface area contributed by atoms with Gasteiger partial charge in [0.2, 0.25) is 5.91 Å². The average Bonchev–Trinajstić information content (AvgIpc) is 2.34. The van der Waals surface area contributed by atoms with Gasteiger partial charge in [0.1, 0.15) is 0 Å². The van der Waals surface area contributed by atoms with E-state index in [9.17, 15) is 4.79 Å². The first-order valence-electron chi connectivity index (χ1n) is 6.72. The summed E-state index contributed by atoms with van der Waals surface area (Å²) in [4.78, 5) is 12.0. The zero-order chi connectivity index (χ0) is 13.0. The van der Waals surface area contributed by atoms with E-state index in [1.165, 1.54) is 5.56 Å². The highest BCUT2D eigenvalue weighted by molar-refractivity contribution is 5.78. The fourth-order valence-corrected chi connectivity index (χ4v) is 2.19. The second-order valence-electron chi connectivity index (χ2n) is 5.26. The van der Waals surface area contributed by atoms with Crippen LogP contribution in [0.15, 0.2) is 30.3 Å². The van der Waals surface area contributed by atoms with Crippen molar-refractivity contribution in [2.45, 2.75) is 19.8 Å². The summed E-state index contributed by atoms with van der Waals surface area (Å²) >= 11 is 0. The van der Waals surface area contributed by atoms with Gasteiger partial charge in [0.05, 0.1) is 0 Å². The molecule has 98 valence electrons. The minimum atomic E-state index is 0.120. The Bertz CT molecular complexity index is 387. The molecule has 0 spiro atoms. The molecule has 1 saturated heterocycles. The molecule has 3 nitrogen and oxygen atoms in total. The van der Waals surface area contributed by atoms with Crippen LogP contribution in [-0.4, -0.2) is 25.5 Å². The average molecular weight is 246 g/mol. The minimum Gasteiger partial charge on any atom is -0.355 e. The van der Waals surface area contributed by atoms with Crippen molar-refractivity contribution in [2.75, 3.05) is 19.6 Å². The lowest BCUT2D eigenvalue weighted by atomic mass is 9.88. The molecule has 2 N–H and O–H groups in total. The quantitative estimate of drug-likeness (QED) is 0.831. The predicted molar refractivity (Wildman–Crippen MR) is 73.4 cm³/mol. The Balaban J connectivity index is 1.78. The number of nitrogens with one attached hydrogen (secondary N) is 2. The molecule has 1 aromatic rings. The molecular weight excluding hydrogens is 224 g/mol. The van der Waals surface area contributed by atoms with Gasteiger partial charge < -0.3 is 10.6 Å². The van der Waals surface area contributed by atoms with Crippen LogP contribution in [0.2, 0.25) is 0 Å². The second-order valence-corrected chi connectivity index (χ2v) is 5.26. The largest absolute Gasteiger partial charge is 0.355 e. The first kappa shape index (κ1) is 13.1. The molecule has 0 aliphatic carbocycles. The Hall–Kier alpha value is -1.35. The van der Waals surface area contributed by atoms with Crippen LogP contribution in [0.25, 0.3) is 0 Å². The van der Waals surface area contributed by atoms with E-state index in [4.69, 9.17) is 0 Å². The Morgan fingerprint density at radius 1 is 1.33 bits per heavy atom. The molecule has 1 aromatic carbocycles. The van der Waals surface area contributed by atoms with Gasteiger partial charge in [-0.25, -0.2) is 0 Å². The van der Waals surface area contributed by atoms with E-state index in [0.717, 1.165) is 13.1 Å². The number of rotatable bonds is 5. The summed E-state index contributed by atoms with van der Waals surface area (Å²) in [6, 6.07) is 10.3. The van der Waals surface area contributed by atoms with Gasteiger partial charge in [-0.3, -0.25) is 4.79 Å². The molecule has 1 heterocycles. The Morgan fingerprint density at radius 3 is 2.56 bits per heavy atom. The van der Waals surface area contributed by atoms with Gasteiger partial charge in [0.15, 0.2) is 0 Å². The topological polar surface area (TPSA) is 41.1 Å². The van der Waals surface area contributed by atoms with Crippen molar-refractivity contribution in [2.24, 2.45) is 11.8 Å². The number of hydrogen-bond acceptors (Lipinski definition) is 2. The summed E-state index contributed by atoms with van der Waals surface area (Å²) in [6.07, 6.45) is 0. The summed E-state index contributed by atoms with van der Waals surface area (Å²) in [5.41, 5.74) is 1.27. The number of carbonyl (C=O) groups is 1. The third kappa shape index (κ3) is 3.10. The minimum absolute atomic E-state index is 0.120. The van der Waals surface area contributed by atoms with Gasteiger partial charge in [-0.1, -0.05) is 44.2 Å². The second kappa shape index (κ2) is 6.01. The monoisotopic (exact) mass is 246 g/mol. The highest BCUT2D eigenvalue weighted by Crippen LogP contribution is 2.17. The lowest BCUT2D eigenvalue weighted by Crippen LogP contribution is -2.49. The maximum absolute atomic E-state index is 12.0. The van der Waals surface area contributed by atoms with Crippen molar-refractivity contribution in [1.82, 2.24) is 10.6 Å². The molecule has 2 unspecified atom stereocenters. The van der Waals surface area contributed by atoms with Crippen LogP contribution >= 0.6 is 0 Å². The molecule has 1 fully saturated rings. The molecule has 0 bridgehead atoms. The fraction of sp³-hybridized carbons (Fsp3) is 0.533. The molecule has 1 aliphatic heterocycles. The predicted octanol–water partition coefficient (Wildman–Crippen LogP) is 1.76. The van der Waals surface area contributed by atoms with Crippen molar-refractivity contribution >= 4 is 5.91 Å². The number of amides is 1. The molecule has 2 rings (SSSR count). The Kier molecular flexibility index (Phi) is 4.37. The summed E-state index contributed by atoms with van der Waals surface area (Å²) in [6.45, 7) is 6.83. The third-order valence-electron chi connectivity index (χ3n) is 3.88. The zero-order valence-electron chi connectivity index (χ0n) is 11.1. The highest BCUT2D eigenvalue weighted by atomic mass is 16.1. The Labute approximate surface area is 109 Å². The van der Waals surface area contributed by atoms with Gasteiger partial charge in [-0.2, -0.15) is 0 Å². The first-order valence-corrected chi connectivity index (χ1v) is 6.72.